The fourth-order valence-corrected chi connectivity index (χ4v) is 3.35. The maximum atomic E-state index is 12.4. The van der Waals surface area contributed by atoms with Crippen molar-refractivity contribution in [3.63, 3.8) is 0 Å². The molecule has 106 valence electrons. The molecule has 1 aliphatic rings. The van der Waals surface area contributed by atoms with Crippen LogP contribution in [0.3, 0.4) is 0 Å². The number of nitrogens with one attached hydrogen (secondary N) is 1. The molecule has 0 fully saturated rings. The van der Waals surface area contributed by atoms with E-state index in [1.165, 1.54) is 0 Å². The van der Waals surface area contributed by atoms with Gasteiger partial charge in [-0.05, 0) is 25.5 Å². The molecule has 4 nitrogen and oxygen atoms in total. The lowest BCUT2D eigenvalue weighted by atomic mass is 10.2. The van der Waals surface area contributed by atoms with Crippen LogP contribution in [-0.4, -0.2) is 26.5 Å². The van der Waals surface area contributed by atoms with Gasteiger partial charge in [0.05, 0.1) is 6.20 Å². The molecule has 0 aromatic heterocycles. The summed E-state index contributed by atoms with van der Waals surface area (Å²) >= 11 is 0. The van der Waals surface area contributed by atoms with Crippen molar-refractivity contribution in [2.45, 2.75) is 25.2 Å². The molecule has 1 unspecified atom stereocenters. The Labute approximate surface area is 121 Å². The molecule has 19 heavy (non-hydrogen) atoms. The van der Waals surface area contributed by atoms with E-state index in [1.807, 2.05) is 30.2 Å². The van der Waals surface area contributed by atoms with E-state index in [9.17, 15) is 8.42 Å². The molecule has 0 aliphatic carbocycles. The molecule has 0 saturated heterocycles. The van der Waals surface area contributed by atoms with Gasteiger partial charge in [0.2, 0.25) is 0 Å². The minimum Gasteiger partial charge on any atom is -1.00 e. The van der Waals surface area contributed by atoms with E-state index >= 15 is 0 Å². The van der Waals surface area contributed by atoms with Gasteiger partial charge < -0.3 is 17.3 Å². The third-order valence-corrected chi connectivity index (χ3v) is 4.87. The molecule has 1 atom stereocenters. The third kappa shape index (κ3) is 3.49. The maximum absolute atomic E-state index is 12.4. The molecule has 2 rings (SSSR count). The molecular formula is C13H19ClN2O2S. The zero-order valence-corrected chi connectivity index (χ0v) is 12.7. The van der Waals surface area contributed by atoms with E-state index in [0.29, 0.717) is 15.9 Å². The topological polar surface area (TPSA) is 41.8 Å². The molecule has 0 saturated carbocycles. The summed E-state index contributed by atoms with van der Waals surface area (Å²) in [6, 6.07) is 7.01. The summed E-state index contributed by atoms with van der Waals surface area (Å²) in [4.78, 5) is 2.41. The van der Waals surface area contributed by atoms with Gasteiger partial charge in [-0.2, -0.15) is 12.7 Å². The van der Waals surface area contributed by atoms with Gasteiger partial charge in [-0.3, -0.25) is 0 Å². The number of hydrogen-bond acceptors (Lipinski definition) is 3. The molecule has 0 spiro atoms. The van der Waals surface area contributed by atoms with E-state index in [2.05, 4.69) is 6.92 Å². The second kappa shape index (κ2) is 6.41. The molecule has 6 heteroatoms. The van der Waals surface area contributed by atoms with Crippen molar-refractivity contribution in [1.29, 1.82) is 0 Å². The van der Waals surface area contributed by atoms with Crippen molar-refractivity contribution in [2.24, 2.45) is 0 Å². The summed E-state index contributed by atoms with van der Waals surface area (Å²) in [7, 11) is -3.32. The molecule has 1 aromatic carbocycles. The SMILES string of the molecule is CCCN1C=C[NH+](S(=O)(=O)c2ccc(C)cc2)C1.[Cl-]. The predicted octanol–water partition coefficient (Wildman–Crippen LogP) is -2.27. The van der Waals surface area contributed by atoms with Crippen LogP contribution in [0.5, 0.6) is 0 Å². The Kier molecular flexibility index (Phi) is 5.40. The van der Waals surface area contributed by atoms with Gasteiger partial charge in [0.1, 0.15) is 11.1 Å². The Morgan fingerprint density at radius 2 is 1.89 bits per heavy atom. The van der Waals surface area contributed by atoms with Crippen LogP contribution in [0.2, 0.25) is 0 Å². The van der Waals surface area contributed by atoms with Crippen LogP contribution in [0, 0.1) is 6.92 Å². The zero-order valence-electron chi connectivity index (χ0n) is 11.1. The number of halogens is 1. The van der Waals surface area contributed by atoms with Crippen LogP contribution in [0.4, 0.5) is 0 Å². The molecule has 0 radical (unpaired) electrons. The van der Waals surface area contributed by atoms with Crippen molar-refractivity contribution < 1.29 is 25.1 Å². The second-order valence-electron chi connectivity index (χ2n) is 4.57. The van der Waals surface area contributed by atoms with E-state index in [4.69, 9.17) is 0 Å². The first-order valence-electron chi connectivity index (χ1n) is 6.14. The van der Waals surface area contributed by atoms with Gasteiger partial charge in [-0.25, -0.2) is 0 Å². The molecule has 1 heterocycles. The van der Waals surface area contributed by atoms with Crippen LogP contribution in [-0.2, 0) is 10.0 Å². The molecule has 1 aliphatic heterocycles. The fraction of sp³-hybridized carbons (Fsp3) is 0.385. The minimum atomic E-state index is -3.32. The van der Waals surface area contributed by atoms with Crippen LogP contribution in [0.25, 0.3) is 0 Å². The van der Waals surface area contributed by atoms with Crippen molar-refractivity contribution in [3.8, 4) is 0 Å². The highest BCUT2D eigenvalue weighted by molar-refractivity contribution is 7.85. The van der Waals surface area contributed by atoms with Crippen molar-refractivity contribution in [1.82, 2.24) is 4.90 Å². The molecule has 0 bridgehead atoms. The molecule has 1 aromatic rings. The summed E-state index contributed by atoms with van der Waals surface area (Å²) in [6.07, 6.45) is 4.59. The molecule has 0 amide bonds. The lowest BCUT2D eigenvalue weighted by Crippen LogP contribution is -3.09. The smallest absolute Gasteiger partial charge is 0.331 e. The van der Waals surface area contributed by atoms with E-state index in [0.717, 1.165) is 18.5 Å². The Morgan fingerprint density at radius 1 is 1.26 bits per heavy atom. The van der Waals surface area contributed by atoms with Gasteiger partial charge in [0, 0.05) is 6.54 Å². The van der Waals surface area contributed by atoms with Gasteiger partial charge in [0.25, 0.3) is 0 Å². The monoisotopic (exact) mass is 302 g/mol. The minimum absolute atomic E-state index is 0. The quantitative estimate of drug-likeness (QED) is 0.682. The van der Waals surface area contributed by atoms with Crippen molar-refractivity contribution >= 4 is 10.0 Å². The van der Waals surface area contributed by atoms with Gasteiger partial charge in [-0.1, -0.05) is 24.6 Å². The van der Waals surface area contributed by atoms with Crippen LogP contribution >= 0.6 is 0 Å². The Morgan fingerprint density at radius 3 is 2.47 bits per heavy atom. The van der Waals surface area contributed by atoms with Gasteiger partial charge in [-0.15, -0.1) is 0 Å². The Bertz CT molecular complexity index is 540. The standard InChI is InChI=1S/C13H18N2O2S.ClH/c1-3-8-14-9-10-15(11-14)18(16,17)13-6-4-12(2)5-7-13;/h4-7,9-10H,3,8,11H2,1-2H3;1H. The Hall–Kier alpha value is -1.04. The van der Waals surface area contributed by atoms with E-state index in [1.54, 1.807) is 18.3 Å². The molecule has 1 N–H and O–H groups in total. The van der Waals surface area contributed by atoms with Crippen molar-refractivity contribution in [3.05, 3.63) is 42.2 Å². The predicted molar refractivity (Wildman–Crippen MR) is 70.3 cm³/mol. The highest BCUT2D eigenvalue weighted by atomic mass is 35.5. The van der Waals surface area contributed by atoms with Crippen LogP contribution in [0.15, 0.2) is 41.6 Å². The summed E-state index contributed by atoms with van der Waals surface area (Å²) in [5.41, 5.74) is 1.06. The fourth-order valence-electron chi connectivity index (χ4n) is 1.98. The van der Waals surface area contributed by atoms with Gasteiger partial charge >= 0.3 is 10.0 Å². The normalized spacial score (nSPS) is 18.4. The van der Waals surface area contributed by atoms with E-state index < -0.39 is 10.0 Å². The molecular weight excluding hydrogens is 284 g/mol. The summed E-state index contributed by atoms with van der Waals surface area (Å²) in [5.74, 6) is 0. The highest BCUT2D eigenvalue weighted by Gasteiger charge is 2.31. The highest BCUT2D eigenvalue weighted by Crippen LogP contribution is 2.08. The lowest BCUT2D eigenvalue weighted by Gasteiger charge is -2.16. The maximum Gasteiger partial charge on any atom is 0.331 e. The zero-order chi connectivity index (χ0) is 13.2. The number of aryl methyl sites for hydroxylation is 1. The summed E-state index contributed by atoms with van der Waals surface area (Å²) in [6.45, 7) is 5.41. The number of quaternary nitrogens is 1. The van der Waals surface area contributed by atoms with E-state index in [-0.39, 0.29) is 12.4 Å². The average molecular weight is 303 g/mol. The lowest BCUT2D eigenvalue weighted by molar-refractivity contribution is -0.709. The first-order valence-corrected chi connectivity index (χ1v) is 7.62. The number of benzene rings is 1. The Balaban J connectivity index is 0.00000180. The van der Waals surface area contributed by atoms with Crippen molar-refractivity contribution in [2.75, 3.05) is 13.2 Å². The number of sulfonamides is 1. The van der Waals surface area contributed by atoms with Gasteiger partial charge in [0.15, 0.2) is 6.67 Å². The summed E-state index contributed by atoms with van der Waals surface area (Å²) in [5, 5.41) is 0. The second-order valence-corrected chi connectivity index (χ2v) is 6.57. The van der Waals surface area contributed by atoms with Crippen LogP contribution in [0.1, 0.15) is 18.9 Å². The number of rotatable bonds is 4. The third-order valence-electron chi connectivity index (χ3n) is 3.02. The first kappa shape index (κ1) is 16.0. The number of hydrogen-bond donors (Lipinski definition) is 1. The first-order chi connectivity index (χ1) is 8.54. The van der Waals surface area contributed by atoms with Crippen LogP contribution < -0.4 is 16.7 Å². The largest absolute Gasteiger partial charge is 1.00 e. The number of nitrogens with zero attached hydrogens (tertiary/aromatic N) is 1. The summed E-state index contributed by atoms with van der Waals surface area (Å²) < 4.78 is 25.2. The average Bonchev–Trinajstić information content (AvgIpc) is 2.79.